The maximum absolute atomic E-state index is 5.48. The Bertz CT molecular complexity index is 570. The molecule has 2 saturated heterocycles. The fourth-order valence-electron chi connectivity index (χ4n) is 3.40. The Kier molecular flexibility index (Phi) is 8.94. The van der Waals surface area contributed by atoms with E-state index in [1.165, 1.54) is 6.42 Å². The van der Waals surface area contributed by atoms with Gasteiger partial charge >= 0.3 is 0 Å². The number of nitrogens with one attached hydrogen (secondary N) is 1. The number of guanidine groups is 1. The van der Waals surface area contributed by atoms with Gasteiger partial charge in [-0.3, -0.25) is 4.90 Å². The molecule has 3 rings (SSSR count). The van der Waals surface area contributed by atoms with E-state index in [1.54, 1.807) is 6.26 Å². The number of aliphatic imine (C=N–C) groups is 1. The first kappa shape index (κ1) is 21.2. The number of nitrogens with zero attached hydrogens (tertiary/aromatic N) is 3. The maximum atomic E-state index is 5.48. The van der Waals surface area contributed by atoms with E-state index in [4.69, 9.17) is 14.1 Å². The van der Waals surface area contributed by atoms with Gasteiger partial charge < -0.3 is 19.4 Å². The fraction of sp³-hybridized carbons (Fsp3) is 0.632. The van der Waals surface area contributed by atoms with Crippen LogP contribution >= 0.6 is 24.0 Å². The second-order valence-corrected chi connectivity index (χ2v) is 6.89. The van der Waals surface area contributed by atoms with Crippen molar-refractivity contribution in [2.24, 2.45) is 4.99 Å². The molecule has 0 spiro atoms. The topological polar surface area (TPSA) is 53.2 Å². The van der Waals surface area contributed by atoms with Crippen molar-refractivity contribution in [3.05, 3.63) is 36.3 Å². The van der Waals surface area contributed by atoms with E-state index >= 15 is 0 Å². The summed E-state index contributed by atoms with van der Waals surface area (Å²) in [6, 6.07) is 4.54. The van der Waals surface area contributed by atoms with Crippen LogP contribution in [0.25, 0.3) is 0 Å². The summed E-state index contributed by atoms with van der Waals surface area (Å²) < 4.78 is 10.9. The minimum atomic E-state index is 0. The van der Waals surface area contributed by atoms with E-state index in [2.05, 4.69) is 21.7 Å². The highest BCUT2D eigenvalue weighted by Gasteiger charge is 2.30. The van der Waals surface area contributed by atoms with Gasteiger partial charge in [-0.2, -0.15) is 0 Å². The van der Waals surface area contributed by atoms with Crippen molar-refractivity contribution < 1.29 is 9.15 Å². The fourth-order valence-corrected chi connectivity index (χ4v) is 3.40. The Balaban J connectivity index is 0.00000243. The molecule has 0 aromatic carbocycles. The molecule has 1 N–H and O–H groups in total. The Morgan fingerprint density at radius 2 is 2.15 bits per heavy atom. The first-order valence-corrected chi connectivity index (χ1v) is 9.24. The van der Waals surface area contributed by atoms with Gasteiger partial charge in [-0.1, -0.05) is 12.2 Å². The Morgan fingerprint density at radius 3 is 2.85 bits per heavy atom. The van der Waals surface area contributed by atoms with Gasteiger partial charge in [0.15, 0.2) is 5.96 Å². The zero-order chi connectivity index (χ0) is 17.5. The van der Waals surface area contributed by atoms with Gasteiger partial charge in [-0.05, 0) is 25.5 Å². The average Bonchev–Trinajstić information content (AvgIpc) is 3.30. The zero-order valence-corrected chi connectivity index (χ0v) is 18.0. The van der Waals surface area contributed by atoms with Gasteiger partial charge in [0, 0.05) is 45.2 Å². The molecule has 6 nitrogen and oxygen atoms in total. The number of likely N-dealkylation sites (tertiary alicyclic amines) is 1. The molecule has 0 saturated carbocycles. The third-order valence-electron chi connectivity index (χ3n) is 4.76. The minimum Gasteiger partial charge on any atom is -0.469 e. The molecule has 0 amide bonds. The van der Waals surface area contributed by atoms with Crippen molar-refractivity contribution in [1.82, 2.24) is 15.1 Å². The predicted molar refractivity (Wildman–Crippen MR) is 115 cm³/mol. The van der Waals surface area contributed by atoms with Crippen LogP contribution in [0.5, 0.6) is 0 Å². The van der Waals surface area contributed by atoms with Crippen LogP contribution in [0.3, 0.4) is 0 Å². The van der Waals surface area contributed by atoms with Crippen LogP contribution < -0.4 is 5.32 Å². The molecule has 1 unspecified atom stereocenters. The van der Waals surface area contributed by atoms with Crippen molar-refractivity contribution in [2.45, 2.75) is 25.8 Å². The summed E-state index contributed by atoms with van der Waals surface area (Å²) in [7, 11) is 0. The summed E-state index contributed by atoms with van der Waals surface area (Å²) in [6.07, 6.45) is 3.77. The van der Waals surface area contributed by atoms with Crippen LogP contribution in [-0.4, -0.2) is 74.3 Å². The molecule has 3 heterocycles. The Labute approximate surface area is 173 Å². The third-order valence-corrected chi connectivity index (χ3v) is 4.76. The highest BCUT2D eigenvalue weighted by atomic mass is 127. The van der Waals surface area contributed by atoms with Crippen LogP contribution in [0, 0.1) is 0 Å². The lowest BCUT2D eigenvalue weighted by Gasteiger charge is -2.32. The molecular weight excluding hydrogens is 443 g/mol. The number of hydrogen-bond acceptors (Lipinski definition) is 4. The van der Waals surface area contributed by atoms with Crippen LogP contribution in [0.2, 0.25) is 0 Å². The summed E-state index contributed by atoms with van der Waals surface area (Å²) >= 11 is 0. The Hall–Kier alpha value is -1.06. The van der Waals surface area contributed by atoms with E-state index in [-0.39, 0.29) is 24.0 Å². The second-order valence-electron chi connectivity index (χ2n) is 6.89. The van der Waals surface area contributed by atoms with E-state index in [0.717, 1.165) is 69.7 Å². The summed E-state index contributed by atoms with van der Waals surface area (Å²) in [5, 5.41) is 3.51. The Morgan fingerprint density at radius 1 is 1.35 bits per heavy atom. The molecule has 26 heavy (non-hydrogen) atoms. The molecule has 0 radical (unpaired) electrons. The number of morpholine rings is 1. The molecule has 0 aliphatic carbocycles. The molecule has 1 atom stereocenters. The van der Waals surface area contributed by atoms with Crippen LogP contribution in [0.4, 0.5) is 0 Å². The number of halogens is 1. The molecule has 2 aliphatic heterocycles. The quantitative estimate of drug-likeness (QED) is 0.297. The summed E-state index contributed by atoms with van der Waals surface area (Å²) in [5.74, 6) is 1.99. The van der Waals surface area contributed by atoms with E-state index < -0.39 is 0 Å². The van der Waals surface area contributed by atoms with Gasteiger partial charge in [-0.25, -0.2) is 4.99 Å². The lowest BCUT2D eigenvalue weighted by molar-refractivity contribution is 0.0195. The standard InChI is InChI=1S/C19H30N4O2.HI/c1-16(2)14-21-19(20-7-5-18-4-3-11-25-18)23-8-6-17(15-23)22-9-12-24-13-10-22;/h3-4,11,17H,1,5-10,12-15H2,2H3,(H,20,21);1H. The van der Waals surface area contributed by atoms with E-state index in [1.807, 2.05) is 19.1 Å². The van der Waals surface area contributed by atoms with Crippen molar-refractivity contribution in [3.8, 4) is 0 Å². The smallest absolute Gasteiger partial charge is 0.194 e. The summed E-state index contributed by atoms with van der Waals surface area (Å²) in [5.41, 5.74) is 1.08. The molecule has 7 heteroatoms. The molecule has 2 aliphatic rings. The zero-order valence-electron chi connectivity index (χ0n) is 15.7. The molecular formula is C19H31IN4O2. The monoisotopic (exact) mass is 474 g/mol. The predicted octanol–water partition coefficient (Wildman–Crippen LogP) is 2.37. The SMILES string of the molecule is C=C(C)CN=C(NCCc1ccco1)N1CCC(N2CCOCC2)C1.I. The largest absolute Gasteiger partial charge is 0.469 e. The van der Waals surface area contributed by atoms with E-state index in [0.29, 0.717) is 12.6 Å². The highest BCUT2D eigenvalue weighted by Crippen LogP contribution is 2.17. The number of furan rings is 1. The van der Waals surface area contributed by atoms with Crippen molar-refractivity contribution >= 4 is 29.9 Å². The van der Waals surface area contributed by atoms with Crippen molar-refractivity contribution in [3.63, 3.8) is 0 Å². The first-order chi connectivity index (χ1) is 12.2. The molecule has 146 valence electrons. The van der Waals surface area contributed by atoms with Gasteiger partial charge in [0.25, 0.3) is 0 Å². The van der Waals surface area contributed by atoms with Gasteiger partial charge in [0.1, 0.15) is 5.76 Å². The molecule has 2 fully saturated rings. The minimum absolute atomic E-state index is 0. The van der Waals surface area contributed by atoms with Crippen LogP contribution in [0.1, 0.15) is 19.1 Å². The average molecular weight is 474 g/mol. The molecule has 0 bridgehead atoms. The van der Waals surface area contributed by atoms with Gasteiger partial charge in [0.05, 0.1) is 26.0 Å². The molecule has 1 aromatic rings. The number of rotatable bonds is 6. The van der Waals surface area contributed by atoms with Gasteiger partial charge in [0.2, 0.25) is 0 Å². The van der Waals surface area contributed by atoms with Crippen LogP contribution in [-0.2, 0) is 11.2 Å². The third kappa shape index (κ3) is 6.28. The van der Waals surface area contributed by atoms with Crippen LogP contribution in [0.15, 0.2) is 40.0 Å². The lowest BCUT2D eigenvalue weighted by atomic mass is 10.2. The van der Waals surface area contributed by atoms with Gasteiger partial charge in [-0.15, -0.1) is 24.0 Å². The normalized spacial score (nSPS) is 21.5. The first-order valence-electron chi connectivity index (χ1n) is 9.24. The highest BCUT2D eigenvalue weighted by molar-refractivity contribution is 14.0. The van der Waals surface area contributed by atoms with Crippen molar-refractivity contribution in [1.29, 1.82) is 0 Å². The molecule has 1 aromatic heterocycles. The lowest BCUT2D eigenvalue weighted by Crippen LogP contribution is -2.47. The van der Waals surface area contributed by atoms with E-state index in [9.17, 15) is 0 Å². The maximum Gasteiger partial charge on any atom is 0.194 e. The summed E-state index contributed by atoms with van der Waals surface area (Å²) in [4.78, 5) is 9.70. The second kappa shape index (κ2) is 10.9. The van der Waals surface area contributed by atoms with Crippen molar-refractivity contribution in [2.75, 3.05) is 52.5 Å². The summed E-state index contributed by atoms with van der Waals surface area (Å²) in [6.45, 7) is 13.4. The number of ether oxygens (including phenoxy) is 1. The number of hydrogen-bond donors (Lipinski definition) is 1.